The number of anilines is 2. The molecule has 0 saturated carbocycles. The molecule has 0 aromatic heterocycles. The van der Waals surface area contributed by atoms with Gasteiger partial charge in [-0.1, -0.05) is 48.5 Å². The summed E-state index contributed by atoms with van der Waals surface area (Å²) >= 11 is 0. The van der Waals surface area contributed by atoms with Crippen molar-refractivity contribution in [3.05, 3.63) is 90.0 Å². The molecule has 0 aliphatic rings. The first-order valence-electron chi connectivity index (χ1n) is 9.81. The third-order valence-electron chi connectivity index (χ3n) is 4.47. The summed E-state index contributed by atoms with van der Waals surface area (Å²) in [5, 5.41) is 5.85. The maximum atomic E-state index is 12.3. The fourth-order valence-corrected chi connectivity index (χ4v) is 2.97. The van der Waals surface area contributed by atoms with E-state index in [0.717, 1.165) is 18.5 Å². The van der Waals surface area contributed by atoms with E-state index in [0.29, 0.717) is 23.6 Å². The number of rotatable bonds is 10. The van der Waals surface area contributed by atoms with E-state index in [2.05, 4.69) is 22.8 Å². The van der Waals surface area contributed by atoms with Crippen molar-refractivity contribution in [3.8, 4) is 5.75 Å². The second-order valence-corrected chi connectivity index (χ2v) is 6.78. The topological polar surface area (TPSA) is 93.5 Å². The van der Waals surface area contributed by atoms with E-state index >= 15 is 0 Å². The Morgan fingerprint density at radius 3 is 2.47 bits per heavy atom. The van der Waals surface area contributed by atoms with Gasteiger partial charge in [-0.05, 0) is 48.7 Å². The van der Waals surface area contributed by atoms with Gasteiger partial charge in [0.15, 0.2) is 0 Å². The van der Waals surface area contributed by atoms with Crippen LogP contribution in [0.2, 0.25) is 0 Å². The van der Waals surface area contributed by atoms with Gasteiger partial charge in [-0.25, -0.2) is 0 Å². The second kappa shape index (κ2) is 10.7. The van der Waals surface area contributed by atoms with Crippen molar-refractivity contribution in [2.75, 3.05) is 23.8 Å². The number of primary amides is 1. The highest BCUT2D eigenvalue weighted by Gasteiger charge is 2.08. The molecule has 4 N–H and O–H groups in total. The average molecular weight is 403 g/mol. The average Bonchev–Trinajstić information content (AvgIpc) is 2.77. The van der Waals surface area contributed by atoms with Gasteiger partial charge in [0, 0.05) is 11.3 Å². The zero-order valence-corrected chi connectivity index (χ0v) is 16.6. The molecule has 30 heavy (non-hydrogen) atoms. The van der Waals surface area contributed by atoms with E-state index in [1.54, 1.807) is 24.3 Å². The Morgan fingerprint density at radius 2 is 1.67 bits per heavy atom. The molecule has 0 aliphatic carbocycles. The van der Waals surface area contributed by atoms with Crippen LogP contribution in [0.25, 0.3) is 0 Å². The minimum atomic E-state index is -0.539. The number of carbonyl (C=O) groups is 2. The fourth-order valence-electron chi connectivity index (χ4n) is 2.97. The quantitative estimate of drug-likeness (QED) is 0.448. The summed E-state index contributed by atoms with van der Waals surface area (Å²) < 4.78 is 5.91. The smallest absolute Gasteiger partial charge is 0.248 e. The lowest BCUT2D eigenvalue weighted by molar-refractivity contribution is -0.114. The van der Waals surface area contributed by atoms with Crippen LogP contribution >= 0.6 is 0 Å². The molecule has 0 fully saturated rings. The number of amides is 2. The van der Waals surface area contributed by atoms with Crippen molar-refractivity contribution in [2.24, 2.45) is 5.73 Å². The van der Waals surface area contributed by atoms with Crippen molar-refractivity contribution in [1.82, 2.24) is 0 Å². The Labute approximate surface area is 176 Å². The Kier molecular flexibility index (Phi) is 7.44. The summed E-state index contributed by atoms with van der Waals surface area (Å²) in [5.41, 5.74) is 8.16. The highest BCUT2D eigenvalue weighted by molar-refractivity contribution is 5.97. The van der Waals surface area contributed by atoms with Gasteiger partial charge >= 0.3 is 0 Å². The first-order valence-corrected chi connectivity index (χ1v) is 9.81. The Hall–Kier alpha value is -3.80. The molecule has 3 aromatic carbocycles. The largest absolute Gasteiger partial charge is 0.491 e. The molecule has 6 heteroatoms. The molecule has 0 radical (unpaired) electrons. The molecule has 0 spiro atoms. The molecule has 0 saturated heterocycles. The SMILES string of the molecule is NC(=O)c1cccc(NC(=O)CNc2ccccc2OCCCc2ccccc2)c1. The lowest BCUT2D eigenvalue weighted by Gasteiger charge is -2.13. The highest BCUT2D eigenvalue weighted by atomic mass is 16.5. The summed E-state index contributed by atoms with van der Waals surface area (Å²) in [6.07, 6.45) is 1.85. The van der Waals surface area contributed by atoms with E-state index in [1.165, 1.54) is 5.56 Å². The molecule has 0 heterocycles. The minimum Gasteiger partial charge on any atom is -0.491 e. The summed E-state index contributed by atoms with van der Waals surface area (Å²) in [4.78, 5) is 23.5. The lowest BCUT2D eigenvalue weighted by atomic mass is 10.1. The molecule has 0 bridgehead atoms. The molecular formula is C24H25N3O3. The first kappa shape index (κ1) is 20.9. The van der Waals surface area contributed by atoms with Crippen LogP contribution < -0.4 is 21.1 Å². The third-order valence-corrected chi connectivity index (χ3v) is 4.47. The van der Waals surface area contributed by atoms with E-state index < -0.39 is 5.91 Å². The number of carbonyl (C=O) groups excluding carboxylic acids is 2. The first-order chi connectivity index (χ1) is 14.6. The maximum Gasteiger partial charge on any atom is 0.248 e. The predicted octanol–water partition coefficient (Wildman–Crippen LogP) is 3.85. The van der Waals surface area contributed by atoms with Crippen LogP contribution in [-0.4, -0.2) is 25.0 Å². The van der Waals surface area contributed by atoms with Crippen LogP contribution in [0.1, 0.15) is 22.3 Å². The number of hydrogen-bond acceptors (Lipinski definition) is 4. The Balaban J connectivity index is 1.49. The van der Waals surface area contributed by atoms with Crippen molar-refractivity contribution < 1.29 is 14.3 Å². The number of nitrogens with one attached hydrogen (secondary N) is 2. The second-order valence-electron chi connectivity index (χ2n) is 6.78. The zero-order chi connectivity index (χ0) is 21.2. The van der Waals surface area contributed by atoms with Crippen LogP contribution in [0, 0.1) is 0 Å². The molecule has 0 atom stereocenters. The number of ether oxygens (including phenoxy) is 1. The molecule has 6 nitrogen and oxygen atoms in total. The van der Waals surface area contributed by atoms with Gasteiger partial charge in [-0.15, -0.1) is 0 Å². The fraction of sp³-hybridized carbons (Fsp3) is 0.167. The molecule has 3 aromatic rings. The van der Waals surface area contributed by atoms with Gasteiger partial charge in [0.05, 0.1) is 18.8 Å². The normalized spacial score (nSPS) is 10.3. The van der Waals surface area contributed by atoms with Crippen LogP contribution in [0.5, 0.6) is 5.75 Å². The lowest BCUT2D eigenvalue weighted by Crippen LogP contribution is -2.22. The molecule has 3 rings (SSSR count). The van der Waals surface area contributed by atoms with Gasteiger partial charge in [-0.3, -0.25) is 9.59 Å². The number of para-hydroxylation sites is 2. The van der Waals surface area contributed by atoms with Crippen molar-refractivity contribution in [3.63, 3.8) is 0 Å². The van der Waals surface area contributed by atoms with Crippen LogP contribution in [0.15, 0.2) is 78.9 Å². The zero-order valence-electron chi connectivity index (χ0n) is 16.6. The van der Waals surface area contributed by atoms with Crippen molar-refractivity contribution >= 4 is 23.2 Å². The van der Waals surface area contributed by atoms with Crippen LogP contribution in [-0.2, 0) is 11.2 Å². The minimum absolute atomic E-state index is 0.0607. The van der Waals surface area contributed by atoms with Crippen molar-refractivity contribution in [2.45, 2.75) is 12.8 Å². The summed E-state index contributed by atoms with van der Waals surface area (Å²) in [7, 11) is 0. The molecule has 154 valence electrons. The van der Waals surface area contributed by atoms with E-state index in [1.807, 2.05) is 42.5 Å². The van der Waals surface area contributed by atoms with E-state index in [9.17, 15) is 9.59 Å². The molecule has 2 amide bonds. The Morgan fingerprint density at radius 1 is 0.900 bits per heavy atom. The summed E-state index contributed by atoms with van der Waals surface area (Å²) in [6, 6.07) is 24.3. The number of benzene rings is 3. The monoisotopic (exact) mass is 403 g/mol. The third kappa shape index (κ3) is 6.38. The predicted molar refractivity (Wildman–Crippen MR) is 119 cm³/mol. The van der Waals surface area contributed by atoms with Gasteiger partial charge in [0.1, 0.15) is 5.75 Å². The Bertz CT molecular complexity index is 990. The highest BCUT2D eigenvalue weighted by Crippen LogP contribution is 2.24. The van der Waals surface area contributed by atoms with E-state index in [-0.39, 0.29) is 12.5 Å². The molecule has 0 aliphatic heterocycles. The number of hydrogen-bond donors (Lipinski definition) is 3. The summed E-state index contributed by atoms with van der Waals surface area (Å²) in [5.74, 6) is -0.0767. The van der Waals surface area contributed by atoms with Gasteiger partial charge in [-0.2, -0.15) is 0 Å². The van der Waals surface area contributed by atoms with Crippen LogP contribution in [0.4, 0.5) is 11.4 Å². The van der Waals surface area contributed by atoms with E-state index in [4.69, 9.17) is 10.5 Å². The summed E-state index contributed by atoms with van der Waals surface area (Å²) in [6.45, 7) is 0.644. The van der Waals surface area contributed by atoms with Gasteiger partial charge in [0.2, 0.25) is 11.8 Å². The number of aryl methyl sites for hydroxylation is 1. The van der Waals surface area contributed by atoms with Gasteiger partial charge < -0.3 is 21.1 Å². The standard InChI is InChI=1S/C24H25N3O3/c25-24(29)19-11-6-12-20(16-19)27-23(28)17-26-21-13-4-5-14-22(21)30-15-7-10-18-8-2-1-3-9-18/h1-6,8-9,11-14,16,26H,7,10,15,17H2,(H2,25,29)(H,27,28). The molecular weight excluding hydrogens is 378 g/mol. The number of nitrogens with two attached hydrogens (primary N) is 1. The van der Waals surface area contributed by atoms with Crippen LogP contribution in [0.3, 0.4) is 0 Å². The van der Waals surface area contributed by atoms with Crippen molar-refractivity contribution in [1.29, 1.82) is 0 Å². The maximum absolute atomic E-state index is 12.3. The molecule has 0 unspecified atom stereocenters. The van der Waals surface area contributed by atoms with Gasteiger partial charge in [0.25, 0.3) is 0 Å².